The van der Waals surface area contributed by atoms with E-state index < -0.39 is 0 Å². The number of nitrogens with zero attached hydrogens (tertiary/aromatic N) is 1. The van der Waals surface area contributed by atoms with E-state index in [2.05, 4.69) is 0 Å². The highest BCUT2D eigenvalue weighted by molar-refractivity contribution is 6.33. The summed E-state index contributed by atoms with van der Waals surface area (Å²) in [5, 5.41) is 0.563. The molecule has 0 spiro atoms. The SMILES string of the molecule is NCc1ccc2c(Cl)cccn2c1=O. The van der Waals surface area contributed by atoms with Gasteiger partial charge in [-0.3, -0.25) is 9.20 Å². The van der Waals surface area contributed by atoms with Gasteiger partial charge in [0, 0.05) is 18.3 Å². The van der Waals surface area contributed by atoms with Gasteiger partial charge in [0.25, 0.3) is 5.56 Å². The molecule has 2 rings (SSSR count). The summed E-state index contributed by atoms with van der Waals surface area (Å²) in [6, 6.07) is 6.99. The molecule has 4 heteroatoms. The van der Waals surface area contributed by atoms with Crippen molar-refractivity contribution in [1.82, 2.24) is 4.40 Å². The molecule has 0 saturated carbocycles. The van der Waals surface area contributed by atoms with Gasteiger partial charge in [-0.25, -0.2) is 0 Å². The lowest BCUT2D eigenvalue weighted by Crippen LogP contribution is -2.20. The molecule has 0 fully saturated rings. The Labute approximate surface area is 85.7 Å². The monoisotopic (exact) mass is 208 g/mol. The normalized spacial score (nSPS) is 10.7. The molecule has 0 unspecified atom stereocenters. The molecule has 2 N–H and O–H groups in total. The molecular formula is C10H9ClN2O. The van der Waals surface area contributed by atoms with Crippen molar-refractivity contribution in [2.75, 3.05) is 0 Å². The van der Waals surface area contributed by atoms with Crippen LogP contribution in [0.2, 0.25) is 5.02 Å². The van der Waals surface area contributed by atoms with Crippen molar-refractivity contribution in [3.8, 4) is 0 Å². The van der Waals surface area contributed by atoms with Crippen molar-refractivity contribution in [3.63, 3.8) is 0 Å². The van der Waals surface area contributed by atoms with Crippen LogP contribution in [0.15, 0.2) is 35.3 Å². The maximum absolute atomic E-state index is 11.7. The third-order valence-electron chi connectivity index (χ3n) is 2.14. The van der Waals surface area contributed by atoms with Crippen LogP contribution in [-0.2, 0) is 6.54 Å². The first-order chi connectivity index (χ1) is 6.74. The van der Waals surface area contributed by atoms with E-state index in [0.29, 0.717) is 16.1 Å². The first-order valence-corrected chi connectivity index (χ1v) is 4.60. The zero-order valence-corrected chi connectivity index (χ0v) is 8.16. The summed E-state index contributed by atoms with van der Waals surface area (Å²) < 4.78 is 1.50. The van der Waals surface area contributed by atoms with Gasteiger partial charge in [0.1, 0.15) is 0 Å². The molecule has 0 aliphatic rings. The Morgan fingerprint density at radius 2 is 2.14 bits per heavy atom. The van der Waals surface area contributed by atoms with Crippen LogP contribution < -0.4 is 11.3 Å². The van der Waals surface area contributed by atoms with Crippen molar-refractivity contribution in [2.45, 2.75) is 6.54 Å². The molecule has 0 atom stereocenters. The number of pyridine rings is 2. The van der Waals surface area contributed by atoms with E-state index in [-0.39, 0.29) is 12.1 Å². The standard InChI is InChI=1S/C10H9ClN2O/c11-8-2-1-5-13-9(8)4-3-7(6-12)10(13)14/h1-5H,6,12H2. The van der Waals surface area contributed by atoms with E-state index in [4.69, 9.17) is 17.3 Å². The van der Waals surface area contributed by atoms with Gasteiger partial charge in [0.2, 0.25) is 0 Å². The van der Waals surface area contributed by atoms with Crippen LogP contribution in [0.3, 0.4) is 0 Å². The van der Waals surface area contributed by atoms with Crippen molar-refractivity contribution < 1.29 is 0 Å². The number of halogens is 1. The van der Waals surface area contributed by atoms with Crippen LogP contribution in [0, 0.1) is 0 Å². The summed E-state index contributed by atoms with van der Waals surface area (Å²) in [4.78, 5) is 11.7. The molecule has 2 heterocycles. The smallest absolute Gasteiger partial charge is 0.259 e. The quantitative estimate of drug-likeness (QED) is 0.771. The highest BCUT2D eigenvalue weighted by Crippen LogP contribution is 2.14. The average molecular weight is 209 g/mol. The molecule has 0 radical (unpaired) electrons. The van der Waals surface area contributed by atoms with Crippen molar-refractivity contribution in [2.24, 2.45) is 5.73 Å². The minimum absolute atomic E-state index is 0.104. The summed E-state index contributed by atoms with van der Waals surface area (Å²) in [5.74, 6) is 0. The van der Waals surface area contributed by atoms with Crippen molar-refractivity contribution in [1.29, 1.82) is 0 Å². The molecular weight excluding hydrogens is 200 g/mol. The minimum Gasteiger partial charge on any atom is -0.326 e. The van der Waals surface area contributed by atoms with Crippen LogP contribution in [-0.4, -0.2) is 4.40 Å². The second-order valence-electron chi connectivity index (χ2n) is 2.98. The molecule has 0 saturated heterocycles. The van der Waals surface area contributed by atoms with Crippen LogP contribution in [0.5, 0.6) is 0 Å². The van der Waals surface area contributed by atoms with Gasteiger partial charge < -0.3 is 5.73 Å². The maximum Gasteiger partial charge on any atom is 0.259 e. The van der Waals surface area contributed by atoms with Gasteiger partial charge in [-0.1, -0.05) is 17.7 Å². The Bertz CT molecular complexity index is 533. The molecule has 2 aromatic rings. The van der Waals surface area contributed by atoms with Crippen LogP contribution >= 0.6 is 11.6 Å². The largest absolute Gasteiger partial charge is 0.326 e. The van der Waals surface area contributed by atoms with Crippen LogP contribution in [0.25, 0.3) is 5.52 Å². The molecule has 72 valence electrons. The number of nitrogens with two attached hydrogens (primary N) is 1. The minimum atomic E-state index is -0.104. The Hall–Kier alpha value is -1.32. The molecule has 0 aliphatic heterocycles. The lowest BCUT2D eigenvalue weighted by Gasteiger charge is -2.03. The van der Waals surface area contributed by atoms with Gasteiger partial charge in [-0.2, -0.15) is 0 Å². The Morgan fingerprint density at radius 3 is 2.86 bits per heavy atom. The second-order valence-corrected chi connectivity index (χ2v) is 3.39. The Morgan fingerprint density at radius 1 is 1.36 bits per heavy atom. The van der Waals surface area contributed by atoms with Crippen molar-refractivity contribution in [3.05, 3.63) is 51.4 Å². The third kappa shape index (κ3) is 1.31. The van der Waals surface area contributed by atoms with Gasteiger partial charge in [-0.15, -0.1) is 0 Å². The maximum atomic E-state index is 11.7. The van der Waals surface area contributed by atoms with E-state index in [1.54, 1.807) is 30.5 Å². The molecule has 2 aromatic heterocycles. The van der Waals surface area contributed by atoms with Gasteiger partial charge in [-0.05, 0) is 18.2 Å². The highest BCUT2D eigenvalue weighted by Gasteiger charge is 2.03. The second kappa shape index (κ2) is 3.44. The summed E-state index contributed by atoms with van der Waals surface area (Å²) >= 11 is 5.93. The Kier molecular flexibility index (Phi) is 2.27. The predicted molar refractivity (Wildman–Crippen MR) is 56.6 cm³/mol. The van der Waals surface area contributed by atoms with E-state index in [1.807, 2.05) is 0 Å². The molecule has 0 aliphatic carbocycles. The van der Waals surface area contributed by atoms with E-state index >= 15 is 0 Å². The summed E-state index contributed by atoms with van der Waals surface area (Å²) in [6.07, 6.45) is 1.68. The zero-order valence-electron chi connectivity index (χ0n) is 7.40. The fourth-order valence-electron chi connectivity index (χ4n) is 1.39. The molecule has 0 amide bonds. The first-order valence-electron chi connectivity index (χ1n) is 4.23. The molecule has 3 nitrogen and oxygen atoms in total. The lowest BCUT2D eigenvalue weighted by atomic mass is 10.2. The molecule has 14 heavy (non-hydrogen) atoms. The van der Waals surface area contributed by atoms with Crippen molar-refractivity contribution >= 4 is 17.1 Å². The number of rotatable bonds is 1. The van der Waals surface area contributed by atoms with E-state index in [0.717, 1.165) is 0 Å². The lowest BCUT2D eigenvalue weighted by molar-refractivity contribution is 0.980. The zero-order chi connectivity index (χ0) is 10.1. The van der Waals surface area contributed by atoms with Gasteiger partial charge in [0.05, 0.1) is 10.5 Å². The number of hydrogen-bond donors (Lipinski definition) is 1. The van der Waals surface area contributed by atoms with Gasteiger partial charge >= 0.3 is 0 Å². The van der Waals surface area contributed by atoms with E-state index in [1.165, 1.54) is 4.40 Å². The summed E-state index contributed by atoms with van der Waals surface area (Å²) in [7, 11) is 0. The van der Waals surface area contributed by atoms with Crippen LogP contribution in [0.4, 0.5) is 0 Å². The predicted octanol–water partition coefficient (Wildman–Crippen LogP) is 1.41. The van der Waals surface area contributed by atoms with Gasteiger partial charge in [0.15, 0.2) is 0 Å². The molecule has 0 bridgehead atoms. The Balaban J connectivity index is 2.91. The highest BCUT2D eigenvalue weighted by atomic mass is 35.5. The number of hydrogen-bond acceptors (Lipinski definition) is 2. The fraction of sp³-hybridized carbons (Fsp3) is 0.100. The third-order valence-corrected chi connectivity index (χ3v) is 2.46. The first kappa shape index (κ1) is 9.24. The topological polar surface area (TPSA) is 47.5 Å². The number of fused-ring (bicyclic) bond motifs is 1. The van der Waals surface area contributed by atoms with E-state index in [9.17, 15) is 4.79 Å². The average Bonchev–Trinajstić information content (AvgIpc) is 2.20. The summed E-state index contributed by atoms with van der Waals surface area (Å²) in [6.45, 7) is 0.244. The van der Waals surface area contributed by atoms with Crippen LogP contribution in [0.1, 0.15) is 5.56 Å². The fourth-order valence-corrected chi connectivity index (χ4v) is 1.62. The molecule has 0 aromatic carbocycles. The number of aromatic nitrogens is 1. The summed E-state index contributed by atoms with van der Waals surface area (Å²) in [5.41, 5.74) is 6.62.